The van der Waals surface area contributed by atoms with Crippen molar-refractivity contribution in [3.05, 3.63) is 88.8 Å². The first-order valence-electron chi connectivity index (χ1n) is 8.48. The molecule has 0 aliphatic heterocycles. The van der Waals surface area contributed by atoms with Crippen molar-refractivity contribution in [1.82, 2.24) is 5.32 Å². The highest BCUT2D eigenvalue weighted by Gasteiger charge is 2.17. The van der Waals surface area contributed by atoms with Gasteiger partial charge in [0.15, 0.2) is 5.76 Å². The molecule has 0 spiro atoms. The summed E-state index contributed by atoms with van der Waals surface area (Å²) in [6.45, 7) is 2.27. The Labute approximate surface area is 157 Å². The summed E-state index contributed by atoms with van der Waals surface area (Å²) in [5.74, 6) is 1.30. The van der Waals surface area contributed by atoms with E-state index in [-0.39, 0.29) is 24.3 Å². The number of rotatable bonds is 7. The van der Waals surface area contributed by atoms with Crippen LogP contribution >= 0.6 is 11.6 Å². The van der Waals surface area contributed by atoms with Crippen LogP contribution in [0.25, 0.3) is 0 Å². The smallest absolute Gasteiger partial charge is 0.287 e. The van der Waals surface area contributed by atoms with Crippen LogP contribution in [0.2, 0.25) is 5.02 Å². The van der Waals surface area contributed by atoms with Crippen LogP contribution in [-0.4, -0.2) is 5.91 Å². The molecule has 4 nitrogen and oxygen atoms in total. The molecule has 2 aromatic carbocycles. The van der Waals surface area contributed by atoms with Crippen LogP contribution in [0.4, 0.5) is 0 Å². The zero-order valence-corrected chi connectivity index (χ0v) is 15.2. The van der Waals surface area contributed by atoms with Crippen LogP contribution < -0.4 is 10.1 Å². The topological polar surface area (TPSA) is 51.5 Å². The third kappa shape index (κ3) is 4.67. The first-order valence-corrected chi connectivity index (χ1v) is 8.86. The van der Waals surface area contributed by atoms with E-state index in [1.54, 1.807) is 36.4 Å². The van der Waals surface area contributed by atoms with Crippen LogP contribution in [0.3, 0.4) is 0 Å². The fraction of sp³-hybridized carbons (Fsp3) is 0.190. The zero-order chi connectivity index (χ0) is 18.4. The number of benzene rings is 2. The number of carbonyl (C=O) groups excluding carboxylic acids is 1. The number of amides is 1. The Morgan fingerprint density at radius 3 is 2.50 bits per heavy atom. The van der Waals surface area contributed by atoms with Crippen molar-refractivity contribution in [1.29, 1.82) is 0 Å². The van der Waals surface area contributed by atoms with E-state index < -0.39 is 0 Å². The Morgan fingerprint density at radius 2 is 1.81 bits per heavy atom. The van der Waals surface area contributed by atoms with Crippen molar-refractivity contribution >= 4 is 17.5 Å². The lowest BCUT2D eigenvalue weighted by Crippen LogP contribution is -2.27. The van der Waals surface area contributed by atoms with E-state index >= 15 is 0 Å². The lowest BCUT2D eigenvalue weighted by atomic mass is 10.0. The first-order chi connectivity index (χ1) is 12.7. The molecule has 0 bridgehead atoms. The molecule has 1 N–H and O–H groups in total. The highest BCUT2D eigenvalue weighted by atomic mass is 35.5. The molecule has 1 aromatic heterocycles. The average Bonchev–Trinajstić information content (AvgIpc) is 3.15. The Balaban J connectivity index is 1.59. The molecule has 26 heavy (non-hydrogen) atoms. The van der Waals surface area contributed by atoms with Gasteiger partial charge in [0.1, 0.15) is 18.1 Å². The molecule has 0 aliphatic carbocycles. The minimum absolute atomic E-state index is 0.0532. The number of nitrogens with one attached hydrogen (secondary N) is 1. The van der Waals surface area contributed by atoms with Gasteiger partial charge in [0, 0.05) is 5.02 Å². The molecule has 3 rings (SSSR count). The molecule has 0 fully saturated rings. The van der Waals surface area contributed by atoms with Crippen LogP contribution in [-0.2, 0) is 6.61 Å². The number of hydrogen-bond donors (Lipinski definition) is 1. The number of furan rings is 1. The van der Waals surface area contributed by atoms with E-state index in [4.69, 9.17) is 20.8 Å². The predicted molar refractivity (Wildman–Crippen MR) is 101 cm³/mol. The Hall–Kier alpha value is -2.72. The second-order valence-corrected chi connectivity index (χ2v) is 6.29. The number of halogens is 1. The maximum Gasteiger partial charge on any atom is 0.287 e. The van der Waals surface area contributed by atoms with Gasteiger partial charge in [0.05, 0.1) is 6.04 Å². The minimum atomic E-state index is -0.238. The van der Waals surface area contributed by atoms with E-state index in [1.165, 1.54) is 0 Å². The second-order valence-electron chi connectivity index (χ2n) is 5.85. The van der Waals surface area contributed by atoms with Crippen molar-refractivity contribution < 1.29 is 13.9 Å². The number of ether oxygens (including phenoxy) is 1. The summed E-state index contributed by atoms with van der Waals surface area (Å²) in [6.07, 6.45) is 0.795. The van der Waals surface area contributed by atoms with Gasteiger partial charge in [0.2, 0.25) is 0 Å². The fourth-order valence-corrected chi connectivity index (χ4v) is 2.72. The summed E-state index contributed by atoms with van der Waals surface area (Å²) >= 11 is 5.85. The minimum Gasteiger partial charge on any atom is -0.486 e. The van der Waals surface area contributed by atoms with Gasteiger partial charge in [-0.3, -0.25) is 4.79 Å². The Morgan fingerprint density at radius 1 is 1.08 bits per heavy atom. The van der Waals surface area contributed by atoms with Crippen molar-refractivity contribution in [2.75, 3.05) is 0 Å². The van der Waals surface area contributed by atoms with Crippen molar-refractivity contribution in [2.45, 2.75) is 26.0 Å². The van der Waals surface area contributed by atoms with E-state index in [2.05, 4.69) is 5.32 Å². The van der Waals surface area contributed by atoms with Gasteiger partial charge in [-0.25, -0.2) is 0 Å². The summed E-state index contributed by atoms with van der Waals surface area (Å²) in [7, 11) is 0. The Bertz CT molecular complexity index is 843. The van der Waals surface area contributed by atoms with Crippen molar-refractivity contribution in [3.63, 3.8) is 0 Å². The van der Waals surface area contributed by atoms with Crippen molar-refractivity contribution in [3.8, 4) is 5.75 Å². The molecule has 0 radical (unpaired) electrons. The van der Waals surface area contributed by atoms with Gasteiger partial charge >= 0.3 is 0 Å². The lowest BCUT2D eigenvalue weighted by Gasteiger charge is -2.16. The van der Waals surface area contributed by atoms with Gasteiger partial charge in [-0.1, -0.05) is 48.9 Å². The van der Waals surface area contributed by atoms with E-state index in [9.17, 15) is 4.79 Å². The third-order valence-electron chi connectivity index (χ3n) is 4.00. The summed E-state index contributed by atoms with van der Waals surface area (Å²) in [6, 6.07) is 20.3. The standard InChI is InChI=1S/C21H20ClNO3/c1-2-19(15-6-4-3-5-7-15)23-21(24)20-13-12-18(26-20)14-25-17-10-8-16(22)9-11-17/h3-13,19H,2,14H2,1H3,(H,23,24). The predicted octanol–water partition coefficient (Wildman–Crippen LogP) is 5.39. The molecule has 1 atom stereocenters. The fourth-order valence-electron chi connectivity index (χ4n) is 2.60. The molecule has 0 aliphatic rings. The lowest BCUT2D eigenvalue weighted by molar-refractivity contribution is 0.0903. The number of hydrogen-bond acceptors (Lipinski definition) is 3. The molecule has 1 unspecified atom stereocenters. The summed E-state index contributed by atoms with van der Waals surface area (Å²) < 4.78 is 11.2. The molecule has 3 aromatic rings. The molecule has 1 amide bonds. The zero-order valence-electron chi connectivity index (χ0n) is 14.4. The summed E-state index contributed by atoms with van der Waals surface area (Å²) in [5.41, 5.74) is 1.07. The molecular weight excluding hydrogens is 350 g/mol. The highest BCUT2D eigenvalue weighted by Crippen LogP contribution is 2.19. The van der Waals surface area contributed by atoms with E-state index in [0.717, 1.165) is 12.0 Å². The molecular formula is C21H20ClNO3. The first kappa shape index (κ1) is 18.1. The van der Waals surface area contributed by atoms with Crippen LogP contribution in [0.15, 0.2) is 71.1 Å². The number of carbonyl (C=O) groups is 1. The third-order valence-corrected chi connectivity index (χ3v) is 4.25. The molecule has 1 heterocycles. The summed E-state index contributed by atoms with van der Waals surface area (Å²) in [5, 5.41) is 3.66. The maximum atomic E-state index is 12.5. The van der Waals surface area contributed by atoms with Gasteiger partial charge in [-0.2, -0.15) is 0 Å². The van der Waals surface area contributed by atoms with Crippen LogP contribution in [0.1, 0.15) is 41.3 Å². The van der Waals surface area contributed by atoms with Crippen LogP contribution in [0.5, 0.6) is 5.75 Å². The average molecular weight is 370 g/mol. The van der Waals surface area contributed by atoms with Crippen LogP contribution in [0, 0.1) is 0 Å². The van der Waals surface area contributed by atoms with Gasteiger partial charge in [0.25, 0.3) is 5.91 Å². The van der Waals surface area contributed by atoms with E-state index in [1.807, 2.05) is 37.3 Å². The van der Waals surface area contributed by atoms with Crippen molar-refractivity contribution in [2.24, 2.45) is 0 Å². The maximum absolute atomic E-state index is 12.5. The summed E-state index contributed by atoms with van der Waals surface area (Å²) in [4.78, 5) is 12.5. The monoisotopic (exact) mass is 369 g/mol. The van der Waals surface area contributed by atoms with Gasteiger partial charge in [-0.05, 0) is 48.4 Å². The normalized spacial score (nSPS) is 11.8. The SMILES string of the molecule is CCC(NC(=O)c1ccc(COc2ccc(Cl)cc2)o1)c1ccccc1. The van der Waals surface area contributed by atoms with Gasteiger partial charge in [-0.15, -0.1) is 0 Å². The Kier molecular flexibility index (Phi) is 5.97. The second kappa shape index (κ2) is 8.59. The van der Waals surface area contributed by atoms with Gasteiger partial charge < -0.3 is 14.5 Å². The van der Waals surface area contributed by atoms with E-state index in [0.29, 0.717) is 16.5 Å². The highest BCUT2D eigenvalue weighted by molar-refractivity contribution is 6.30. The molecule has 134 valence electrons. The molecule has 0 saturated heterocycles. The molecule has 5 heteroatoms. The molecule has 0 saturated carbocycles. The largest absolute Gasteiger partial charge is 0.486 e. The quantitative estimate of drug-likeness (QED) is 0.607.